The van der Waals surface area contributed by atoms with Crippen molar-refractivity contribution < 1.29 is 4.79 Å². The summed E-state index contributed by atoms with van der Waals surface area (Å²) in [5.74, 6) is 1.39. The molecule has 2 aromatic heterocycles. The molecule has 3 aromatic rings. The number of piperazine rings is 1. The van der Waals surface area contributed by atoms with Crippen molar-refractivity contribution in [1.82, 2.24) is 14.9 Å². The minimum atomic E-state index is -0.00461. The van der Waals surface area contributed by atoms with Gasteiger partial charge in [-0.2, -0.15) is 0 Å². The Morgan fingerprint density at radius 3 is 2.41 bits per heavy atom. The number of hydrogen-bond acceptors (Lipinski definition) is 5. The minimum absolute atomic E-state index is 0.00461. The highest BCUT2D eigenvalue weighted by atomic mass is 35.5. The van der Waals surface area contributed by atoms with Crippen molar-refractivity contribution in [3.63, 3.8) is 0 Å². The molecular weight excluding hydrogens is 404 g/mol. The number of nitrogens with zero attached hydrogens (tertiary/aromatic N) is 4. The Balaban J connectivity index is 1.40. The second kappa shape index (κ2) is 8.51. The highest BCUT2D eigenvalue weighted by Crippen LogP contribution is 2.26. The van der Waals surface area contributed by atoms with E-state index in [1.54, 1.807) is 6.20 Å². The number of anilines is 1. The van der Waals surface area contributed by atoms with Gasteiger partial charge in [0.25, 0.3) is 5.91 Å². The summed E-state index contributed by atoms with van der Waals surface area (Å²) in [7, 11) is 0. The van der Waals surface area contributed by atoms with Crippen molar-refractivity contribution in [2.45, 2.75) is 19.8 Å². The van der Waals surface area contributed by atoms with Gasteiger partial charge in [-0.15, -0.1) is 11.3 Å². The molecule has 3 heterocycles. The highest BCUT2D eigenvalue weighted by molar-refractivity contribution is 7.13. The van der Waals surface area contributed by atoms with Gasteiger partial charge in [-0.25, -0.2) is 9.97 Å². The van der Waals surface area contributed by atoms with Crippen LogP contribution >= 0.6 is 22.9 Å². The van der Waals surface area contributed by atoms with Crippen LogP contribution < -0.4 is 4.90 Å². The standard InChI is InChI=1S/C22H23ClN4OS/c1-15(2)16-3-5-17(6-4-16)21-25-19(14-29-21)22(28)27-11-9-26(10-12-27)20-8-7-18(23)13-24-20/h3-8,13-15H,9-12H2,1-2H3. The van der Waals surface area contributed by atoms with Gasteiger partial charge in [0.2, 0.25) is 0 Å². The third-order valence-corrected chi connectivity index (χ3v) is 6.27. The smallest absolute Gasteiger partial charge is 0.273 e. The van der Waals surface area contributed by atoms with E-state index in [9.17, 15) is 4.79 Å². The molecule has 1 aromatic carbocycles. The van der Waals surface area contributed by atoms with E-state index in [2.05, 4.69) is 53.0 Å². The van der Waals surface area contributed by atoms with E-state index in [0.717, 1.165) is 29.5 Å². The molecule has 0 atom stereocenters. The molecule has 29 heavy (non-hydrogen) atoms. The van der Waals surface area contributed by atoms with Gasteiger partial charge in [-0.05, 0) is 23.6 Å². The number of carbonyl (C=O) groups excluding carboxylic acids is 1. The summed E-state index contributed by atoms with van der Waals surface area (Å²) in [6.45, 7) is 7.15. The summed E-state index contributed by atoms with van der Waals surface area (Å²) in [4.78, 5) is 25.9. The molecule has 0 radical (unpaired) electrons. The molecule has 0 unspecified atom stereocenters. The fourth-order valence-corrected chi connectivity index (χ4v) is 4.28. The van der Waals surface area contributed by atoms with Gasteiger partial charge in [-0.1, -0.05) is 49.7 Å². The molecule has 150 valence electrons. The van der Waals surface area contributed by atoms with Gasteiger partial charge in [0.1, 0.15) is 16.5 Å². The summed E-state index contributed by atoms with van der Waals surface area (Å²) in [5, 5.41) is 3.37. The van der Waals surface area contributed by atoms with Crippen LogP contribution in [0.5, 0.6) is 0 Å². The number of benzene rings is 1. The largest absolute Gasteiger partial charge is 0.353 e. The van der Waals surface area contributed by atoms with Crippen LogP contribution in [-0.4, -0.2) is 47.0 Å². The number of rotatable bonds is 4. The molecule has 0 saturated carbocycles. The maximum absolute atomic E-state index is 12.9. The second-order valence-corrected chi connectivity index (χ2v) is 8.72. The summed E-state index contributed by atoms with van der Waals surface area (Å²) in [5.41, 5.74) is 2.88. The molecule has 7 heteroatoms. The molecule has 0 aliphatic carbocycles. The van der Waals surface area contributed by atoms with Crippen LogP contribution in [-0.2, 0) is 0 Å². The van der Waals surface area contributed by atoms with Crippen LogP contribution in [0.25, 0.3) is 10.6 Å². The van der Waals surface area contributed by atoms with E-state index < -0.39 is 0 Å². The van der Waals surface area contributed by atoms with Crippen molar-refractivity contribution >= 4 is 34.7 Å². The van der Waals surface area contributed by atoms with Crippen LogP contribution in [0.15, 0.2) is 48.0 Å². The summed E-state index contributed by atoms with van der Waals surface area (Å²) < 4.78 is 0. The molecule has 1 amide bonds. The SMILES string of the molecule is CC(C)c1ccc(-c2nc(C(=O)N3CCN(c4ccc(Cl)cn4)CC3)cs2)cc1. The van der Waals surface area contributed by atoms with Crippen molar-refractivity contribution in [2.24, 2.45) is 0 Å². The first-order chi connectivity index (χ1) is 14.0. The maximum atomic E-state index is 12.9. The number of pyridine rings is 1. The lowest BCUT2D eigenvalue weighted by Gasteiger charge is -2.35. The van der Waals surface area contributed by atoms with Gasteiger partial charge in [0, 0.05) is 43.3 Å². The number of aromatic nitrogens is 2. The number of hydrogen-bond donors (Lipinski definition) is 0. The zero-order valence-electron chi connectivity index (χ0n) is 16.5. The van der Waals surface area contributed by atoms with E-state index >= 15 is 0 Å². The van der Waals surface area contributed by atoms with E-state index in [1.807, 2.05) is 22.4 Å². The molecular formula is C22H23ClN4OS. The number of carbonyl (C=O) groups is 1. The zero-order chi connectivity index (χ0) is 20.4. The van der Waals surface area contributed by atoms with Crippen LogP contribution in [0.1, 0.15) is 35.8 Å². The summed E-state index contributed by atoms with van der Waals surface area (Å²) in [6, 6.07) is 12.2. The Morgan fingerprint density at radius 1 is 1.07 bits per heavy atom. The maximum Gasteiger partial charge on any atom is 0.273 e. The van der Waals surface area contributed by atoms with E-state index in [0.29, 0.717) is 29.7 Å². The Bertz CT molecular complexity index is 977. The monoisotopic (exact) mass is 426 g/mol. The summed E-state index contributed by atoms with van der Waals surface area (Å²) in [6.07, 6.45) is 1.65. The fourth-order valence-electron chi connectivity index (χ4n) is 3.37. The second-order valence-electron chi connectivity index (χ2n) is 7.43. The quantitative estimate of drug-likeness (QED) is 0.592. The Hall–Kier alpha value is -2.44. The average Bonchev–Trinajstić information content (AvgIpc) is 3.24. The zero-order valence-corrected chi connectivity index (χ0v) is 18.1. The molecule has 0 N–H and O–H groups in total. The number of amides is 1. The van der Waals surface area contributed by atoms with Gasteiger partial charge < -0.3 is 9.80 Å². The van der Waals surface area contributed by atoms with E-state index in [4.69, 9.17) is 11.6 Å². The topological polar surface area (TPSA) is 49.3 Å². The molecule has 0 spiro atoms. The minimum Gasteiger partial charge on any atom is -0.353 e. The van der Waals surface area contributed by atoms with Crippen molar-refractivity contribution in [2.75, 3.05) is 31.1 Å². The lowest BCUT2D eigenvalue weighted by molar-refractivity contribution is 0.0741. The lowest BCUT2D eigenvalue weighted by atomic mass is 10.0. The first-order valence-electron chi connectivity index (χ1n) is 9.73. The van der Waals surface area contributed by atoms with Crippen LogP contribution in [0.2, 0.25) is 5.02 Å². The van der Waals surface area contributed by atoms with Gasteiger partial charge in [0.15, 0.2) is 0 Å². The van der Waals surface area contributed by atoms with Crippen molar-refractivity contribution in [3.8, 4) is 10.6 Å². The molecule has 1 saturated heterocycles. The lowest BCUT2D eigenvalue weighted by Crippen LogP contribution is -2.49. The predicted octanol–water partition coefficient (Wildman–Crippen LogP) is 4.94. The predicted molar refractivity (Wildman–Crippen MR) is 119 cm³/mol. The first-order valence-corrected chi connectivity index (χ1v) is 11.0. The van der Waals surface area contributed by atoms with E-state index in [1.165, 1.54) is 16.9 Å². The molecule has 0 bridgehead atoms. The molecule has 5 nitrogen and oxygen atoms in total. The Kier molecular flexibility index (Phi) is 5.83. The van der Waals surface area contributed by atoms with Crippen molar-refractivity contribution in [1.29, 1.82) is 0 Å². The fraction of sp³-hybridized carbons (Fsp3) is 0.318. The van der Waals surface area contributed by atoms with Crippen LogP contribution in [0.4, 0.5) is 5.82 Å². The summed E-state index contributed by atoms with van der Waals surface area (Å²) >= 11 is 7.43. The Morgan fingerprint density at radius 2 is 1.79 bits per heavy atom. The van der Waals surface area contributed by atoms with Gasteiger partial charge >= 0.3 is 0 Å². The van der Waals surface area contributed by atoms with Crippen LogP contribution in [0.3, 0.4) is 0 Å². The number of halogens is 1. The van der Waals surface area contributed by atoms with Crippen molar-refractivity contribution in [3.05, 3.63) is 64.3 Å². The Labute approximate surface area is 180 Å². The first kappa shape index (κ1) is 19.9. The third-order valence-electron chi connectivity index (χ3n) is 5.15. The van der Waals surface area contributed by atoms with Gasteiger partial charge in [0.05, 0.1) is 5.02 Å². The normalized spacial score (nSPS) is 14.5. The van der Waals surface area contributed by atoms with E-state index in [-0.39, 0.29) is 5.91 Å². The third kappa shape index (κ3) is 4.43. The molecule has 4 rings (SSSR count). The molecule has 1 aliphatic rings. The molecule has 1 aliphatic heterocycles. The number of thiazole rings is 1. The van der Waals surface area contributed by atoms with Gasteiger partial charge in [-0.3, -0.25) is 4.79 Å². The average molecular weight is 427 g/mol. The molecule has 1 fully saturated rings. The van der Waals surface area contributed by atoms with Crippen LogP contribution in [0, 0.1) is 0 Å². The highest BCUT2D eigenvalue weighted by Gasteiger charge is 2.24.